The maximum Gasteiger partial charge on any atom is 0.248 e. The summed E-state index contributed by atoms with van der Waals surface area (Å²) >= 11 is 0. The van der Waals surface area contributed by atoms with Crippen LogP contribution in [0.15, 0.2) is 72.0 Å². The zero-order valence-corrected chi connectivity index (χ0v) is 23.7. The summed E-state index contributed by atoms with van der Waals surface area (Å²) in [6.07, 6.45) is 11.4. The molecular weight excluding hydrogens is 530 g/mol. The SMILES string of the molecule is Cc1cc(N=C2c3cc(NC(=O)/C=C/[C@H]4CCCN4C)ccc3NCN2C#N)ccc1Oc1cnc2c(cnn2C)c1. The number of benzene rings is 2. The van der Waals surface area contributed by atoms with Crippen LogP contribution in [-0.4, -0.2) is 62.6 Å². The molecule has 2 aliphatic heterocycles. The molecule has 1 saturated heterocycles. The van der Waals surface area contributed by atoms with E-state index in [0.29, 0.717) is 34.3 Å². The van der Waals surface area contributed by atoms with Crippen molar-refractivity contribution >= 4 is 39.8 Å². The number of aromatic nitrogens is 3. The summed E-state index contributed by atoms with van der Waals surface area (Å²) in [7, 11) is 3.92. The fourth-order valence-corrected chi connectivity index (χ4v) is 5.26. The molecule has 6 rings (SSSR count). The maximum absolute atomic E-state index is 12.7. The molecule has 2 aromatic heterocycles. The molecule has 0 spiro atoms. The Bertz CT molecular complexity index is 1770. The van der Waals surface area contributed by atoms with Crippen molar-refractivity contribution in [3.05, 3.63) is 78.1 Å². The topological polar surface area (TPSA) is 124 Å². The number of nitrogens with one attached hydrogen (secondary N) is 2. The number of hydrogen-bond acceptors (Lipinski definition) is 8. The van der Waals surface area contributed by atoms with Gasteiger partial charge < -0.3 is 15.4 Å². The van der Waals surface area contributed by atoms with E-state index in [1.165, 1.54) is 4.90 Å². The van der Waals surface area contributed by atoms with Crippen molar-refractivity contribution in [3.8, 4) is 17.7 Å². The molecule has 4 heterocycles. The molecule has 11 heteroatoms. The highest BCUT2D eigenvalue weighted by molar-refractivity contribution is 6.08. The lowest BCUT2D eigenvalue weighted by Gasteiger charge is -2.27. The van der Waals surface area contributed by atoms with Gasteiger partial charge in [0, 0.05) is 41.5 Å². The van der Waals surface area contributed by atoms with Crippen LogP contribution < -0.4 is 15.4 Å². The first-order chi connectivity index (χ1) is 20.4. The number of carbonyl (C=O) groups is 1. The molecule has 4 aromatic rings. The van der Waals surface area contributed by atoms with E-state index in [1.807, 2.05) is 62.5 Å². The third kappa shape index (κ3) is 5.53. The lowest BCUT2D eigenvalue weighted by Crippen LogP contribution is -2.37. The van der Waals surface area contributed by atoms with E-state index in [2.05, 4.69) is 38.9 Å². The zero-order chi connectivity index (χ0) is 29.2. The Hall–Kier alpha value is -5.21. The first-order valence-corrected chi connectivity index (χ1v) is 13.8. The van der Waals surface area contributed by atoms with Crippen molar-refractivity contribution in [2.45, 2.75) is 25.8 Å². The number of nitrogens with zero attached hydrogens (tertiary/aromatic N) is 7. The molecule has 2 aliphatic rings. The molecule has 2 aromatic carbocycles. The molecule has 0 radical (unpaired) electrons. The first-order valence-electron chi connectivity index (χ1n) is 13.8. The average Bonchev–Trinajstić information content (AvgIpc) is 3.57. The van der Waals surface area contributed by atoms with Gasteiger partial charge in [0.25, 0.3) is 0 Å². The number of rotatable bonds is 6. The van der Waals surface area contributed by atoms with E-state index in [4.69, 9.17) is 9.73 Å². The lowest BCUT2D eigenvalue weighted by atomic mass is 10.1. The highest BCUT2D eigenvalue weighted by Crippen LogP contribution is 2.32. The van der Waals surface area contributed by atoms with Gasteiger partial charge in [-0.05, 0) is 81.4 Å². The molecule has 0 aliphatic carbocycles. The number of carbonyl (C=O) groups excluding carboxylic acids is 1. The molecule has 212 valence electrons. The summed E-state index contributed by atoms with van der Waals surface area (Å²) < 4.78 is 7.83. The van der Waals surface area contributed by atoms with Crippen molar-refractivity contribution in [3.63, 3.8) is 0 Å². The highest BCUT2D eigenvalue weighted by Gasteiger charge is 2.23. The Kier molecular flexibility index (Phi) is 7.29. The van der Waals surface area contributed by atoms with Gasteiger partial charge in [0.05, 0.1) is 18.1 Å². The third-order valence-corrected chi connectivity index (χ3v) is 7.55. The second kappa shape index (κ2) is 11.3. The van der Waals surface area contributed by atoms with E-state index in [-0.39, 0.29) is 18.6 Å². The van der Waals surface area contributed by atoms with E-state index < -0.39 is 0 Å². The summed E-state index contributed by atoms with van der Waals surface area (Å²) in [4.78, 5) is 25.7. The largest absolute Gasteiger partial charge is 0.455 e. The van der Waals surface area contributed by atoms with Gasteiger partial charge in [-0.25, -0.2) is 14.9 Å². The summed E-state index contributed by atoms with van der Waals surface area (Å²) in [5, 5.41) is 21.2. The molecule has 1 amide bonds. The minimum absolute atomic E-state index is 0.196. The monoisotopic (exact) mass is 561 g/mol. The highest BCUT2D eigenvalue weighted by atomic mass is 16.5. The predicted octanol–water partition coefficient (Wildman–Crippen LogP) is 4.90. The fraction of sp³-hybridized carbons (Fsp3) is 0.258. The number of amidine groups is 1. The Labute approximate surface area is 243 Å². The average molecular weight is 562 g/mol. The van der Waals surface area contributed by atoms with Gasteiger partial charge in [0.2, 0.25) is 5.91 Å². The second-order valence-electron chi connectivity index (χ2n) is 10.5. The van der Waals surface area contributed by atoms with Crippen LogP contribution in [0.25, 0.3) is 11.0 Å². The van der Waals surface area contributed by atoms with Crippen molar-refractivity contribution in [1.82, 2.24) is 24.6 Å². The molecule has 2 N–H and O–H groups in total. The zero-order valence-electron chi connectivity index (χ0n) is 23.7. The predicted molar refractivity (Wildman–Crippen MR) is 162 cm³/mol. The van der Waals surface area contributed by atoms with Crippen LogP contribution >= 0.6 is 0 Å². The van der Waals surface area contributed by atoms with Crippen LogP contribution in [0.1, 0.15) is 24.0 Å². The van der Waals surface area contributed by atoms with Crippen molar-refractivity contribution < 1.29 is 9.53 Å². The Morgan fingerprint density at radius 2 is 2.10 bits per heavy atom. The lowest BCUT2D eigenvalue weighted by molar-refractivity contribution is -0.111. The molecule has 0 bridgehead atoms. The van der Waals surface area contributed by atoms with Crippen LogP contribution in [0.4, 0.5) is 17.1 Å². The van der Waals surface area contributed by atoms with Gasteiger partial charge in [0.15, 0.2) is 17.7 Å². The molecule has 0 unspecified atom stereocenters. The van der Waals surface area contributed by atoms with Crippen LogP contribution in [-0.2, 0) is 11.8 Å². The third-order valence-electron chi connectivity index (χ3n) is 7.55. The molecule has 42 heavy (non-hydrogen) atoms. The van der Waals surface area contributed by atoms with Crippen LogP contribution in [0.2, 0.25) is 0 Å². The number of likely N-dealkylation sites (N-methyl/N-ethyl adjacent to an activating group) is 1. The van der Waals surface area contributed by atoms with Gasteiger partial charge >= 0.3 is 0 Å². The molecule has 1 fully saturated rings. The number of aryl methyl sites for hydroxylation is 2. The van der Waals surface area contributed by atoms with Crippen molar-refractivity contribution in [2.24, 2.45) is 12.0 Å². The smallest absolute Gasteiger partial charge is 0.248 e. The van der Waals surface area contributed by atoms with Gasteiger partial charge in [-0.1, -0.05) is 6.08 Å². The fourth-order valence-electron chi connectivity index (χ4n) is 5.26. The van der Waals surface area contributed by atoms with Crippen LogP contribution in [0, 0.1) is 18.4 Å². The quantitative estimate of drug-likeness (QED) is 0.252. The summed E-state index contributed by atoms with van der Waals surface area (Å²) in [6.45, 7) is 3.27. The van der Waals surface area contributed by atoms with Gasteiger partial charge in [-0.15, -0.1) is 0 Å². The second-order valence-corrected chi connectivity index (χ2v) is 10.5. The standard InChI is InChI=1S/C31H31N9O2/c1-20-13-22(7-10-28(20)42-25-14-21-16-35-39(3)30(21)33-17-25)37-31-26-15-23(6-9-27(26)34-19-40(31)18-32)36-29(41)11-8-24-5-4-12-38(24)2/h6-11,13-17,24,34H,4-5,12,19H2,1-3H3,(H,36,41)/b11-8+,37-31?/t24-/m1/s1. The van der Waals surface area contributed by atoms with Crippen LogP contribution in [0.5, 0.6) is 11.5 Å². The van der Waals surface area contributed by atoms with E-state index in [1.54, 1.807) is 23.2 Å². The van der Waals surface area contributed by atoms with Gasteiger partial charge in [-0.3, -0.25) is 14.4 Å². The number of pyridine rings is 1. The van der Waals surface area contributed by atoms with E-state index in [0.717, 1.165) is 41.7 Å². The summed E-state index contributed by atoms with van der Waals surface area (Å²) in [5.41, 5.74) is 4.50. The number of anilines is 2. The maximum atomic E-state index is 12.7. The van der Waals surface area contributed by atoms with Gasteiger partial charge in [-0.2, -0.15) is 10.4 Å². The number of aliphatic imine (C=N–C) groups is 1. The molecule has 0 saturated carbocycles. The Balaban J connectivity index is 1.23. The minimum atomic E-state index is -0.196. The van der Waals surface area contributed by atoms with Crippen molar-refractivity contribution in [2.75, 3.05) is 30.9 Å². The normalized spacial score (nSPS) is 17.8. The van der Waals surface area contributed by atoms with E-state index >= 15 is 0 Å². The minimum Gasteiger partial charge on any atom is -0.455 e. The molecule has 11 nitrogen and oxygen atoms in total. The first kappa shape index (κ1) is 27.0. The number of likely N-dealkylation sites (tertiary alicyclic amines) is 1. The van der Waals surface area contributed by atoms with Crippen LogP contribution in [0.3, 0.4) is 0 Å². The Morgan fingerprint density at radius 3 is 2.88 bits per heavy atom. The number of hydrogen-bond donors (Lipinski definition) is 2. The number of nitriles is 1. The summed E-state index contributed by atoms with van der Waals surface area (Å²) in [6, 6.07) is 13.4. The van der Waals surface area contributed by atoms with E-state index in [9.17, 15) is 10.1 Å². The van der Waals surface area contributed by atoms with Gasteiger partial charge in [0.1, 0.15) is 18.2 Å². The number of fused-ring (bicyclic) bond motifs is 2. The Morgan fingerprint density at radius 1 is 1.21 bits per heavy atom. The molecular formula is C31H31N9O2. The number of amides is 1. The number of ether oxygens (including phenoxy) is 1. The molecule has 1 atom stereocenters. The van der Waals surface area contributed by atoms with Crippen molar-refractivity contribution in [1.29, 1.82) is 5.26 Å². The summed E-state index contributed by atoms with van der Waals surface area (Å²) in [5.74, 6) is 1.58.